The molecule has 0 saturated heterocycles. The van der Waals surface area contributed by atoms with E-state index in [2.05, 4.69) is 8.62 Å². The number of aliphatic hydroxyl groups is 5. The van der Waals surface area contributed by atoms with Crippen molar-refractivity contribution in [1.29, 1.82) is 0 Å². The molecule has 0 aliphatic rings. The molecule has 0 amide bonds. The Morgan fingerprint density at radius 1 is 0.250 bits per heavy atom. The molecule has 0 aromatic rings. The van der Waals surface area contributed by atoms with Gasteiger partial charge >= 0.3 is 224 Å². The standard InChI is InChI=1S/5C4H13NO7P2.5Na.H5O10P3/c5*5-3-1-2-4(6,13(7,8)9)14(10,11)12;;;;;;1-11(2,3)9-13(7,8)10-12(4,5)6/h5*6H,1-3,5H2,(H2,7,8,9)(H2,10,11,12);;;;;;(H,7,8)(H2,1,2,3)(H2,4,5,6)/q;;;;;5*+1;/p-5. The van der Waals surface area contributed by atoms with Crippen molar-refractivity contribution >= 4 is 99.4 Å². The number of nitrogens with two attached hydrogens (primary N) is 5. The summed E-state index contributed by atoms with van der Waals surface area (Å²) < 4.78 is 142. The smallest absolute Gasteiger partial charge is 0.790 e. The van der Waals surface area contributed by atoms with Crippen molar-refractivity contribution in [3.05, 3.63) is 0 Å². The fraction of sp³-hybridized carbons (Fsp3) is 1.00. The minimum Gasteiger partial charge on any atom is -0.790 e. The first-order valence-electron chi connectivity index (χ1n) is 20.2. The molecule has 0 atom stereocenters. The summed E-state index contributed by atoms with van der Waals surface area (Å²) in [5.41, 5.74) is 25.0. The van der Waals surface area contributed by atoms with Gasteiger partial charge in [0, 0.05) is 32.1 Å². The Morgan fingerprint density at radius 2 is 0.341 bits per heavy atom. The Kier molecular flexibility index (Phi) is 62.3. The normalized spacial score (nSPS) is 13.6. The molecule has 88 heavy (non-hydrogen) atoms. The average molecular weight is 1610 g/mol. The number of phosphoric acid groups is 3. The molecule has 0 unspecified atom stereocenters. The molecule has 0 aliphatic carbocycles. The third-order valence-corrected chi connectivity index (χ3v) is 31.2. The first-order chi connectivity index (χ1) is 35.7. The van der Waals surface area contributed by atoms with Crippen LogP contribution in [-0.2, 0) is 68.0 Å². The van der Waals surface area contributed by atoms with Gasteiger partial charge in [0.15, 0.2) is 0 Å². The molecular weight excluding hydrogens is 1550 g/mol. The van der Waals surface area contributed by atoms with Crippen molar-refractivity contribution in [2.45, 2.75) is 89.6 Å². The van der Waals surface area contributed by atoms with Crippen LogP contribution in [0.15, 0.2) is 0 Å². The quantitative estimate of drug-likeness (QED) is 0.0244. The topological polar surface area (TPSA) is 992 Å². The van der Waals surface area contributed by atoms with Gasteiger partial charge in [0.05, 0.1) is 15.6 Å². The van der Waals surface area contributed by atoms with Gasteiger partial charge in [-0.05, 0) is 64.8 Å². The summed E-state index contributed by atoms with van der Waals surface area (Å²) >= 11 is 0. The third-order valence-electron chi connectivity index (χ3n) is 8.65. The van der Waals surface area contributed by atoms with Crippen LogP contribution in [0.5, 0.6) is 0 Å². The van der Waals surface area contributed by atoms with Gasteiger partial charge < -0.3 is 186 Å². The average Bonchev–Trinajstić information content (AvgIpc) is 3.20. The third kappa shape index (κ3) is 43.5. The maximum absolute atomic E-state index is 10.7. The molecule has 510 valence electrons. The van der Waals surface area contributed by atoms with Crippen LogP contribution in [0.3, 0.4) is 0 Å². The molecule has 0 aromatic heterocycles. The van der Waals surface area contributed by atoms with Gasteiger partial charge in [-0.1, -0.05) is 0 Å². The number of rotatable bonds is 29. The largest absolute Gasteiger partial charge is 1.00 e. The summed E-state index contributed by atoms with van der Waals surface area (Å²) in [6.07, 6.45) is -4.28. The van der Waals surface area contributed by atoms with E-state index >= 15 is 0 Å². The van der Waals surface area contributed by atoms with E-state index in [9.17, 15) is 109 Å². The van der Waals surface area contributed by atoms with Gasteiger partial charge in [0.25, 0.3) is 33.2 Å². The summed E-state index contributed by atoms with van der Waals surface area (Å²) in [5, 5.41) is 29.6. The SMILES string of the molecule is NCCCC(O)(P(=O)(O)O)P(=O)(O)O.NCCCC(O)(P(=O)(O)O)P(=O)(O)O.NCCCC(O)(P(=O)(O)O)P(=O)(O)O.NCCCC(O)(P(=O)(O)O)P(=O)(O)O.NCCCC(O)(P(=O)(O)O)P(=O)(O)O.O=P([O-])([O-])OP(=O)([O-])OP(=O)([O-])[O-].[Na+].[Na+].[Na+].[Na+].[Na+]. The number of hydrogen-bond acceptors (Lipinski definition) is 30. The maximum Gasteiger partial charge on any atom is 1.00 e. The Balaban J connectivity index is -0.0000000888. The summed E-state index contributed by atoms with van der Waals surface area (Å²) in [6, 6.07) is 0. The van der Waals surface area contributed by atoms with Crippen molar-refractivity contribution < 1.29 is 364 Å². The van der Waals surface area contributed by atoms with Crippen molar-refractivity contribution in [1.82, 2.24) is 0 Å². The second-order valence-electron chi connectivity index (χ2n) is 15.3. The van der Waals surface area contributed by atoms with E-state index in [4.69, 9.17) is 127 Å². The molecular formula is C20H65N5Na5O45P13. The summed E-state index contributed by atoms with van der Waals surface area (Å²) in [4.78, 5) is 221. The molecule has 0 rings (SSSR count). The van der Waals surface area contributed by atoms with E-state index in [1.807, 2.05) is 0 Å². The zero-order valence-corrected chi connectivity index (χ0v) is 67.8. The van der Waals surface area contributed by atoms with Gasteiger partial charge in [-0.2, -0.15) is 0 Å². The zero-order valence-electron chi connectivity index (χ0n) is 46.2. The minimum atomic E-state index is -5.97. The van der Waals surface area contributed by atoms with Crippen LogP contribution in [0, 0.1) is 0 Å². The van der Waals surface area contributed by atoms with Gasteiger partial charge in [-0.25, -0.2) is 0 Å². The van der Waals surface area contributed by atoms with E-state index in [-0.39, 0.29) is 213 Å². The van der Waals surface area contributed by atoms with E-state index < -0.39 is 157 Å². The zero-order chi connectivity index (χ0) is 69.0. The Labute approximate surface area is 607 Å². The van der Waals surface area contributed by atoms with Crippen LogP contribution in [0.25, 0.3) is 0 Å². The van der Waals surface area contributed by atoms with Crippen molar-refractivity contribution in [3.8, 4) is 0 Å². The molecule has 0 bridgehead atoms. The van der Waals surface area contributed by atoms with Crippen LogP contribution in [0.4, 0.5) is 0 Å². The van der Waals surface area contributed by atoms with E-state index in [0.29, 0.717) is 0 Å². The van der Waals surface area contributed by atoms with Crippen LogP contribution in [0.1, 0.15) is 64.2 Å². The molecule has 50 nitrogen and oxygen atoms in total. The molecule has 35 N–H and O–H groups in total. The van der Waals surface area contributed by atoms with Crippen LogP contribution < -0.4 is 201 Å². The molecule has 0 spiro atoms. The first-order valence-corrected chi connectivity index (χ1v) is 40.7. The van der Waals surface area contributed by atoms with Gasteiger partial charge in [0.2, 0.25) is 0 Å². The monoisotopic (exact) mass is 1610 g/mol. The van der Waals surface area contributed by atoms with Crippen molar-refractivity contribution in [2.75, 3.05) is 32.7 Å². The van der Waals surface area contributed by atoms with Gasteiger partial charge in [-0.15, -0.1) is 0 Å². The molecule has 0 aromatic carbocycles. The van der Waals surface area contributed by atoms with Crippen LogP contribution in [-0.4, -0.2) is 182 Å². The Bertz CT molecular complexity index is 2170. The fourth-order valence-electron chi connectivity index (χ4n) is 4.26. The predicted octanol–water partition coefficient (Wildman–Crippen LogP) is -25.2. The van der Waals surface area contributed by atoms with Crippen LogP contribution >= 0.6 is 99.4 Å². The Morgan fingerprint density at radius 3 is 0.398 bits per heavy atom. The molecule has 0 radical (unpaired) electrons. The molecule has 0 heterocycles. The second-order valence-corrected chi connectivity index (χ2v) is 39.3. The van der Waals surface area contributed by atoms with E-state index in [1.165, 1.54) is 0 Å². The Hall–Kier alpha value is 6.51. The van der Waals surface area contributed by atoms with Crippen LogP contribution in [0.2, 0.25) is 0 Å². The molecule has 68 heteroatoms. The van der Waals surface area contributed by atoms with Crippen molar-refractivity contribution in [2.24, 2.45) is 28.7 Å². The van der Waals surface area contributed by atoms with Gasteiger partial charge in [-0.3, -0.25) is 58.8 Å². The van der Waals surface area contributed by atoms with Gasteiger partial charge in [0.1, 0.15) is 0 Å². The summed E-state index contributed by atoms with van der Waals surface area (Å²) in [5.74, 6) is 0. The molecule has 0 fully saturated rings. The molecule has 0 aliphatic heterocycles. The number of hydrogen-bond donors (Lipinski definition) is 30. The first kappa shape index (κ1) is 118. The minimum absolute atomic E-state index is 0. The van der Waals surface area contributed by atoms with Crippen molar-refractivity contribution in [3.63, 3.8) is 0 Å². The second kappa shape index (κ2) is 46.3. The maximum atomic E-state index is 10.7. The fourth-order valence-corrected chi connectivity index (χ4v) is 17.9. The predicted molar refractivity (Wildman–Crippen MR) is 262 cm³/mol. The summed E-state index contributed by atoms with van der Waals surface area (Å²) in [6.45, 7) is -0.197. The van der Waals surface area contributed by atoms with E-state index in [0.717, 1.165) is 0 Å². The summed E-state index contributed by atoms with van der Waals surface area (Å²) in [7, 11) is -70.9. The van der Waals surface area contributed by atoms with E-state index in [1.54, 1.807) is 0 Å². The molecule has 0 saturated carbocycles.